The van der Waals surface area contributed by atoms with E-state index < -0.39 is 9.12 Å². The van der Waals surface area contributed by atoms with Crippen LogP contribution in [0.2, 0.25) is 0 Å². The zero-order chi connectivity index (χ0) is 3.41. The normalized spacial score (nSPS) is 10.5. The molecule has 3 heteroatoms. The van der Waals surface area contributed by atoms with Gasteiger partial charge in [-0.3, -0.25) is 0 Å². The van der Waals surface area contributed by atoms with Gasteiger partial charge in [0.2, 0.25) is 9.12 Å². The van der Waals surface area contributed by atoms with E-state index in [4.69, 9.17) is 0 Å². The van der Waals surface area contributed by atoms with Crippen LogP contribution in [0.5, 0.6) is 0 Å². The van der Waals surface area contributed by atoms with Crippen LogP contribution >= 0.6 is 9.12 Å². The highest BCUT2D eigenvalue weighted by molar-refractivity contribution is 7.25. The molecule has 0 aromatic carbocycles. The van der Waals surface area contributed by atoms with E-state index in [9.17, 15) is 4.20 Å². The van der Waals surface area contributed by atoms with Gasteiger partial charge in [0, 0.05) is 7.11 Å². The Hall–Kier alpha value is 0.320. The van der Waals surface area contributed by atoms with Gasteiger partial charge in [-0.05, 0) is 0 Å². The van der Waals surface area contributed by atoms with E-state index in [0.717, 1.165) is 0 Å². The van der Waals surface area contributed by atoms with E-state index in [-0.39, 0.29) is 0 Å². The Morgan fingerprint density at radius 3 is 2.25 bits per heavy atom. The van der Waals surface area contributed by atoms with E-state index >= 15 is 0 Å². The fourth-order valence-electron chi connectivity index (χ4n) is 0. The Kier molecular flexibility index (Phi) is 3.59. The Bertz CT molecular complexity index is 10.0. The van der Waals surface area contributed by atoms with Crippen LogP contribution in [0.4, 0.5) is 4.20 Å². The highest BCUT2D eigenvalue weighted by Gasteiger charge is 1.57. The summed E-state index contributed by atoms with van der Waals surface area (Å²) in [6.45, 7) is 0. The summed E-state index contributed by atoms with van der Waals surface area (Å²) < 4.78 is 14.4. The lowest BCUT2D eigenvalue weighted by molar-refractivity contribution is 0.449. The van der Waals surface area contributed by atoms with Gasteiger partial charge in [0.05, 0.1) is 0 Å². The van der Waals surface area contributed by atoms with Crippen molar-refractivity contribution in [2.45, 2.75) is 0 Å². The van der Waals surface area contributed by atoms with Crippen molar-refractivity contribution in [3.8, 4) is 0 Å². The zero-order valence-electron chi connectivity index (χ0n) is 2.29. The van der Waals surface area contributed by atoms with Crippen molar-refractivity contribution in [3.63, 3.8) is 0 Å². The second kappa shape index (κ2) is 3.32. The molecule has 0 bridgehead atoms. The summed E-state index contributed by atoms with van der Waals surface area (Å²) in [4.78, 5) is 0. The molecule has 4 heavy (non-hydrogen) atoms. The molecule has 0 fully saturated rings. The highest BCUT2D eigenvalue weighted by Crippen LogP contribution is 2.06. The molecule has 1 atom stereocenters. The molecule has 0 spiro atoms. The average molecular weight is 82.0 g/mol. The van der Waals surface area contributed by atoms with E-state index in [1.54, 1.807) is 0 Å². The maximum absolute atomic E-state index is 10.5. The van der Waals surface area contributed by atoms with Crippen molar-refractivity contribution in [1.82, 2.24) is 0 Å². The molecular formula is CH4FOP. The first-order valence-electron chi connectivity index (χ1n) is 0.801. The summed E-state index contributed by atoms with van der Waals surface area (Å²) in [6.07, 6.45) is 0. The first-order valence-corrected chi connectivity index (χ1v) is 1.59. The van der Waals surface area contributed by atoms with Gasteiger partial charge in [-0.15, -0.1) is 0 Å². The van der Waals surface area contributed by atoms with Crippen molar-refractivity contribution in [3.05, 3.63) is 0 Å². The van der Waals surface area contributed by atoms with E-state index in [2.05, 4.69) is 4.52 Å². The van der Waals surface area contributed by atoms with Crippen LogP contribution < -0.4 is 0 Å². The first-order chi connectivity index (χ1) is 1.91. The Balaban J connectivity index is 1.97. The minimum atomic E-state index is -0.860. The minimum Gasteiger partial charge on any atom is -0.336 e. The van der Waals surface area contributed by atoms with Gasteiger partial charge in [-0.25, -0.2) is 0 Å². The molecule has 0 aromatic rings. The van der Waals surface area contributed by atoms with Crippen molar-refractivity contribution in [2.24, 2.45) is 0 Å². The van der Waals surface area contributed by atoms with Gasteiger partial charge in [-0.2, -0.15) is 4.20 Å². The van der Waals surface area contributed by atoms with E-state index in [0.29, 0.717) is 0 Å². The second-order valence-corrected chi connectivity index (χ2v) is 0.844. The third kappa shape index (κ3) is 2.32. The van der Waals surface area contributed by atoms with Gasteiger partial charge in [0.15, 0.2) is 0 Å². The Labute approximate surface area is 26.1 Å². The molecule has 0 aliphatic heterocycles. The van der Waals surface area contributed by atoms with Crippen LogP contribution in [0.1, 0.15) is 0 Å². The van der Waals surface area contributed by atoms with Gasteiger partial charge < -0.3 is 4.52 Å². The lowest BCUT2D eigenvalue weighted by atomic mass is 11.8. The molecule has 0 saturated carbocycles. The van der Waals surface area contributed by atoms with Gasteiger partial charge in [0.1, 0.15) is 0 Å². The van der Waals surface area contributed by atoms with Gasteiger partial charge >= 0.3 is 0 Å². The molecule has 0 aromatic heterocycles. The number of hydrogen-bond donors (Lipinski definition) is 0. The maximum atomic E-state index is 10.5. The van der Waals surface area contributed by atoms with Crippen LogP contribution in [-0.2, 0) is 4.52 Å². The molecule has 0 aliphatic carbocycles. The molecule has 1 nitrogen and oxygen atoms in total. The molecule has 0 aliphatic rings. The lowest BCUT2D eigenvalue weighted by Gasteiger charge is -1.71. The van der Waals surface area contributed by atoms with Crippen LogP contribution in [-0.4, -0.2) is 7.11 Å². The molecule has 0 radical (unpaired) electrons. The van der Waals surface area contributed by atoms with Crippen molar-refractivity contribution in [1.29, 1.82) is 0 Å². The first kappa shape index (κ1) is 4.32. The standard InChI is InChI=1S/CH4FOP/c1-3-4-2/h4H,1H3. The fourth-order valence-corrected chi connectivity index (χ4v) is 0. The summed E-state index contributed by atoms with van der Waals surface area (Å²) >= 11 is 0. The number of halogens is 1. The minimum absolute atomic E-state index is 0.860. The van der Waals surface area contributed by atoms with E-state index in [1.165, 1.54) is 7.11 Å². The molecule has 0 heterocycles. The van der Waals surface area contributed by atoms with Crippen LogP contribution in [0.15, 0.2) is 0 Å². The summed E-state index contributed by atoms with van der Waals surface area (Å²) in [6, 6.07) is 0. The third-order valence-corrected chi connectivity index (χ3v) is 0.231. The Morgan fingerprint density at radius 2 is 2.25 bits per heavy atom. The predicted molar refractivity (Wildman–Crippen MR) is 16.4 cm³/mol. The second-order valence-electron chi connectivity index (χ2n) is 0.281. The highest BCUT2D eigenvalue weighted by atomic mass is 31.1. The topological polar surface area (TPSA) is 9.23 Å². The molecule has 0 rings (SSSR count). The van der Waals surface area contributed by atoms with Gasteiger partial charge in [0.25, 0.3) is 0 Å². The molecular weight excluding hydrogens is 78.0 g/mol. The summed E-state index contributed by atoms with van der Waals surface area (Å²) in [5.74, 6) is 0. The number of hydrogen-bond acceptors (Lipinski definition) is 1. The average Bonchev–Trinajstić information content (AvgIpc) is 1.37. The predicted octanol–water partition coefficient (Wildman–Crippen LogP) is 1.11. The van der Waals surface area contributed by atoms with Crippen LogP contribution in [0, 0.1) is 0 Å². The lowest BCUT2D eigenvalue weighted by Crippen LogP contribution is -1.44. The molecule has 0 saturated heterocycles. The van der Waals surface area contributed by atoms with Crippen LogP contribution in [0.3, 0.4) is 0 Å². The van der Waals surface area contributed by atoms with Crippen molar-refractivity contribution < 1.29 is 8.72 Å². The maximum Gasteiger partial charge on any atom is 0.205 e. The molecule has 26 valence electrons. The SMILES string of the molecule is COPF. The monoisotopic (exact) mass is 82.0 g/mol. The molecule has 0 N–H and O–H groups in total. The zero-order valence-corrected chi connectivity index (χ0v) is 3.29. The third-order valence-electron chi connectivity index (χ3n) is 0.0772. The van der Waals surface area contributed by atoms with Crippen LogP contribution in [0.25, 0.3) is 0 Å². The van der Waals surface area contributed by atoms with Crippen molar-refractivity contribution in [2.75, 3.05) is 7.11 Å². The van der Waals surface area contributed by atoms with Crippen molar-refractivity contribution >= 4 is 9.12 Å². The Morgan fingerprint density at radius 1 is 2.00 bits per heavy atom. The van der Waals surface area contributed by atoms with Gasteiger partial charge in [-0.1, -0.05) is 0 Å². The molecule has 0 amide bonds. The quantitative estimate of drug-likeness (QED) is 0.430. The smallest absolute Gasteiger partial charge is 0.205 e. The largest absolute Gasteiger partial charge is 0.336 e. The summed E-state index contributed by atoms with van der Waals surface area (Å²) in [5, 5.41) is 0. The summed E-state index contributed by atoms with van der Waals surface area (Å²) in [7, 11) is 0.458. The fraction of sp³-hybridized carbons (Fsp3) is 1.00. The summed E-state index contributed by atoms with van der Waals surface area (Å²) in [5.41, 5.74) is 0. The molecule has 1 unspecified atom stereocenters. The van der Waals surface area contributed by atoms with E-state index in [1.807, 2.05) is 0 Å². The number of rotatable bonds is 1.